The summed E-state index contributed by atoms with van der Waals surface area (Å²) in [4.78, 5) is 29.5. The van der Waals surface area contributed by atoms with Crippen LogP contribution in [0.5, 0.6) is 0 Å². The van der Waals surface area contributed by atoms with E-state index in [-0.39, 0.29) is 17.7 Å². The van der Waals surface area contributed by atoms with E-state index in [0.29, 0.717) is 30.0 Å². The molecule has 3 rings (SSSR count). The van der Waals surface area contributed by atoms with E-state index in [1.165, 1.54) is 17.4 Å². The van der Waals surface area contributed by atoms with Crippen molar-refractivity contribution in [2.45, 2.75) is 25.8 Å². The summed E-state index contributed by atoms with van der Waals surface area (Å²) in [6.07, 6.45) is 1.48. The zero-order chi connectivity index (χ0) is 19.6. The summed E-state index contributed by atoms with van der Waals surface area (Å²) in [5, 5.41) is 1.86. The van der Waals surface area contributed by atoms with Crippen LogP contribution in [0.1, 0.15) is 41.0 Å². The molecule has 2 unspecified atom stereocenters. The van der Waals surface area contributed by atoms with Gasteiger partial charge in [-0.15, -0.1) is 11.3 Å². The largest absolute Gasteiger partial charge is 0.339 e. The Bertz CT molecular complexity index is 825. The molecule has 0 bridgehead atoms. The maximum atomic E-state index is 13.5. The van der Waals surface area contributed by atoms with Gasteiger partial charge < -0.3 is 9.80 Å². The van der Waals surface area contributed by atoms with Crippen LogP contribution in [0.15, 0.2) is 35.7 Å². The second kappa shape index (κ2) is 8.17. The predicted octanol–water partition coefficient (Wildman–Crippen LogP) is 4.10. The first-order valence-corrected chi connectivity index (χ1v) is 9.81. The SMILES string of the molecule is CC(c1ccc(F)c(F)c1)N(C)C(=O)C1CCCN(C(=O)c2cccs2)C1. The Morgan fingerprint density at radius 2 is 2.04 bits per heavy atom. The molecule has 2 amide bonds. The van der Waals surface area contributed by atoms with Crippen LogP contribution in [0, 0.1) is 17.6 Å². The second-order valence-corrected chi connectivity index (χ2v) is 7.81. The molecule has 0 saturated carbocycles. The lowest BCUT2D eigenvalue weighted by Crippen LogP contribution is -2.46. The van der Waals surface area contributed by atoms with Gasteiger partial charge in [-0.2, -0.15) is 0 Å². The quantitative estimate of drug-likeness (QED) is 0.786. The molecule has 1 aromatic heterocycles. The van der Waals surface area contributed by atoms with E-state index in [1.54, 1.807) is 29.8 Å². The Morgan fingerprint density at radius 3 is 2.70 bits per heavy atom. The van der Waals surface area contributed by atoms with Gasteiger partial charge in [-0.3, -0.25) is 9.59 Å². The second-order valence-electron chi connectivity index (χ2n) is 6.87. The Labute approximate surface area is 161 Å². The Morgan fingerprint density at radius 1 is 1.26 bits per heavy atom. The molecule has 1 aliphatic rings. The fourth-order valence-electron chi connectivity index (χ4n) is 3.39. The van der Waals surface area contributed by atoms with E-state index in [0.717, 1.165) is 18.6 Å². The smallest absolute Gasteiger partial charge is 0.263 e. The Kier molecular flexibility index (Phi) is 5.89. The van der Waals surface area contributed by atoms with Gasteiger partial charge in [-0.05, 0) is 48.9 Å². The summed E-state index contributed by atoms with van der Waals surface area (Å²) in [6, 6.07) is 6.91. The standard InChI is InChI=1S/C20H22F2N2O2S/c1-13(14-7-8-16(21)17(22)11-14)23(2)19(25)15-5-3-9-24(12-15)20(26)18-6-4-10-27-18/h4,6-8,10-11,13,15H,3,5,9,12H2,1-2H3. The number of likely N-dealkylation sites (tertiary alicyclic amines) is 1. The molecule has 0 radical (unpaired) electrons. The van der Waals surface area contributed by atoms with E-state index in [4.69, 9.17) is 0 Å². The zero-order valence-electron chi connectivity index (χ0n) is 15.3. The van der Waals surface area contributed by atoms with E-state index in [9.17, 15) is 18.4 Å². The molecule has 1 aliphatic heterocycles. The fraction of sp³-hybridized carbons (Fsp3) is 0.400. The molecular formula is C20H22F2N2O2S. The van der Waals surface area contributed by atoms with Gasteiger partial charge in [-0.1, -0.05) is 12.1 Å². The summed E-state index contributed by atoms with van der Waals surface area (Å²) < 4.78 is 26.7. The molecule has 1 aromatic carbocycles. The van der Waals surface area contributed by atoms with Crippen LogP contribution in [0.25, 0.3) is 0 Å². The van der Waals surface area contributed by atoms with Crippen LogP contribution in [0.4, 0.5) is 8.78 Å². The van der Waals surface area contributed by atoms with Crippen molar-refractivity contribution in [3.63, 3.8) is 0 Å². The highest BCUT2D eigenvalue weighted by molar-refractivity contribution is 7.12. The van der Waals surface area contributed by atoms with Gasteiger partial charge in [0.15, 0.2) is 11.6 Å². The maximum Gasteiger partial charge on any atom is 0.263 e. The summed E-state index contributed by atoms with van der Waals surface area (Å²) in [7, 11) is 1.66. The van der Waals surface area contributed by atoms with Gasteiger partial charge >= 0.3 is 0 Å². The number of amides is 2. The van der Waals surface area contributed by atoms with Gasteiger partial charge in [0.25, 0.3) is 5.91 Å². The molecule has 27 heavy (non-hydrogen) atoms. The number of hydrogen-bond donors (Lipinski definition) is 0. The third-order valence-electron chi connectivity index (χ3n) is 5.14. The zero-order valence-corrected chi connectivity index (χ0v) is 16.1. The van der Waals surface area contributed by atoms with E-state index in [1.807, 2.05) is 11.4 Å². The summed E-state index contributed by atoms with van der Waals surface area (Å²) in [5.41, 5.74) is 0.534. The minimum atomic E-state index is -0.925. The predicted molar refractivity (Wildman–Crippen MR) is 100 cm³/mol. The van der Waals surface area contributed by atoms with Gasteiger partial charge in [0.05, 0.1) is 16.8 Å². The van der Waals surface area contributed by atoms with Crippen LogP contribution in [-0.2, 0) is 4.79 Å². The van der Waals surface area contributed by atoms with E-state index >= 15 is 0 Å². The molecule has 7 heteroatoms. The number of thiophene rings is 1. The van der Waals surface area contributed by atoms with Gasteiger partial charge in [0.1, 0.15) is 0 Å². The monoisotopic (exact) mass is 392 g/mol. The molecule has 2 heterocycles. The lowest BCUT2D eigenvalue weighted by molar-refractivity contribution is -0.137. The lowest BCUT2D eigenvalue weighted by Gasteiger charge is -2.35. The fourth-order valence-corrected chi connectivity index (χ4v) is 4.08. The first kappa shape index (κ1) is 19.5. The van der Waals surface area contributed by atoms with Crippen LogP contribution < -0.4 is 0 Å². The molecule has 144 valence electrons. The van der Waals surface area contributed by atoms with Gasteiger partial charge in [0, 0.05) is 20.1 Å². The number of carbonyl (C=O) groups excluding carboxylic acids is 2. The number of carbonyl (C=O) groups is 2. The maximum absolute atomic E-state index is 13.5. The molecule has 0 N–H and O–H groups in total. The molecule has 2 aromatic rings. The topological polar surface area (TPSA) is 40.6 Å². The number of hydrogen-bond acceptors (Lipinski definition) is 3. The highest BCUT2D eigenvalue weighted by Gasteiger charge is 2.32. The molecule has 1 saturated heterocycles. The highest BCUT2D eigenvalue weighted by Crippen LogP contribution is 2.26. The number of benzene rings is 1. The Balaban J connectivity index is 1.68. The van der Waals surface area contributed by atoms with Crippen molar-refractivity contribution in [3.8, 4) is 0 Å². The van der Waals surface area contributed by atoms with Crippen molar-refractivity contribution in [1.29, 1.82) is 0 Å². The number of nitrogens with zero attached hydrogens (tertiary/aromatic N) is 2. The van der Waals surface area contributed by atoms with Crippen molar-refractivity contribution in [1.82, 2.24) is 9.80 Å². The van der Waals surface area contributed by atoms with Crippen LogP contribution in [0.2, 0.25) is 0 Å². The minimum absolute atomic E-state index is 0.0428. The third-order valence-corrected chi connectivity index (χ3v) is 6.00. The minimum Gasteiger partial charge on any atom is -0.339 e. The lowest BCUT2D eigenvalue weighted by atomic mass is 9.95. The van der Waals surface area contributed by atoms with Crippen molar-refractivity contribution < 1.29 is 18.4 Å². The van der Waals surface area contributed by atoms with Crippen molar-refractivity contribution >= 4 is 23.2 Å². The van der Waals surface area contributed by atoms with Crippen molar-refractivity contribution in [3.05, 3.63) is 57.8 Å². The van der Waals surface area contributed by atoms with Gasteiger partial charge in [-0.25, -0.2) is 8.78 Å². The molecule has 2 atom stereocenters. The molecular weight excluding hydrogens is 370 g/mol. The van der Waals surface area contributed by atoms with Crippen molar-refractivity contribution in [2.24, 2.45) is 5.92 Å². The molecule has 0 aliphatic carbocycles. The molecule has 1 fully saturated rings. The van der Waals surface area contributed by atoms with Crippen LogP contribution >= 0.6 is 11.3 Å². The van der Waals surface area contributed by atoms with Crippen molar-refractivity contribution in [2.75, 3.05) is 20.1 Å². The number of rotatable bonds is 4. The van der Waals surface area contributed by atoms with E-state index in [2.05, 4.69) is 0 Å². The first-order valence-electron chi connectivity index (χ1n) is 8.93. The van der Waals surface area contributed by atoms with E-state index < -0.39 is 17.7 Å². The normalized spacial score (nSPS) is 18.2. The Hall–Kier alpha value is -2.28. The van der Waals surface area contributed by atoms with Crippen LogP contribution in [-0.4, -0.2) is 41.8 Å². The number of halogens is 2. The highest BCUT2D eigenvalue weighted by atomic mass is 32.1. The average molecular weight is 392 g/mol. The summed E-state index contributed by atoms with van der Waals surface area (Å²) >= 11 is 1.39. The molecule has 4 nitrogen and oxygen atoms in total. The first-order chi connectivity index (χ1) is 12.9. The number of piperidine rings is 1. The summed E-state index contributed by atoms with van der Waals surface area (Å²) in [5.74, 6) is -2.25. The third kappa shape index (κ3) is 4.18. The van der Waals surface area contributed by atoms with Gasteiger partial charge in [0.2, 0.25) is 5.91 Å². The average Bonchev–Trinajstić information content (AvgIpc) is 3.22. The summed E-state index contributed by atoms with van der Waals surface area (Å²) in [6.45, 7) is 2.80. The molecule has 0 spiro atoms. The van der Waals surface area contributed by atoms with Crippen LogP contribution in [0.3, 0.4) is 0 Å².